The normalized spacial score (nSPS) is 10.9. The molecule has 0 aliphatic carbocycles. The van der Waals surface area contributed by atoms with Gasteiger partial charge in [-0.25, -0.2) is 15.0 Å². The minimum Gasteiger partial charge on any atom is -0.245 e. The molecule has 3 aromatic rings. The fourth-order valence-electron chi connectivity index (χ4n) is 1.99. The summed E-state index contributed by atoms with van der Waals surface area (Å²) in [7, 11) is 0. The van der Waals surface area contributed by atoms with E-state index in [1.54, 1.807) is 6.20 Å². The van der Waals surface area contributed by atoms with Crippen LogP contribution < -0.4 is 0 Å². The molecule has 21 heavy (non-hydrogen) atoms. The predicted octanol–water partition coefficient (Wildman–Crippen LogP) is 4.02. The largest absolute Gasteiger partial charge is 0.245 e. The minimum atomic E-state index is 0.657. The van der Waals surface area contributed by atoms with Gasteiger partial charge in [0.2, 0.25) is 0 Å². The second-order valence-corrected chi connectivity index (χ2v) is 4.71. The van der Waals surface area contributed by atoms with Crippen molar-refractivity contribution in [2.45, 2.75) is 6.92 Å². The van der Waals surface area contributed by atoms with E-state index in [4.69, 9.17) is 0 Å². The molecule has 0 N–H and O–H groups in total. The first-order valence-electron chi connectivity index (χ1n) is 6.81. The van der Waals surface area contributed by atoms with Crippen LogP contribution in [0.3, 0.4) is 0 Å². The van der Waals surface area contributed by atoms with Gasteiger partial charge < -0.3 is 0 Å². The van der Waals surface area contributed by atoms with Gasteiger partial charge in [0.05, 0.1) is 5.69 Å². The van der Waals surface area contributed by atoms with Crippen molar-refractivity contribution in [1.82, 2.24) is 15.0 Å². The Kier molecular flexibility index (Phi) is 3.83. The first-order chi connectivity index (χ1) is 10.3. The van der Waals surface area contributed by atoms with Crippen molar-refractivity contribution < 1.29 is 0 Å². The summed E-state index contributed by atoms with van der Waals surface area (Å²) in [5, 5.41) is 0. The van der Waals surface area contributed by atoms with Crippen molar-refractivity contribution in [3.8, 4) is 11.5 Å². The van der Waals surface area contributed by atoms with Gasteiger partial charge in [0.15, 0.2) is 5.82 Å². The Hall–Kier alpha value is -2.81. The Balaban J connectivity index is 1.88. The fourth-order valence-corrected chi connectivity index (χ4v) is 1.99. The van der Waals surface area contributed by atoms with E-state index in [1.807, 2.05) is 61.5 Å². The standard InChI is InChI=1S/C18H15N3/c1-14-12-13-19-18(20-14)17-9-5-8-16(21-17)11-10-15-6-3-2-4-7-15/h2-13H,1H3. The molecule has 3 nitrogen and oxygen atoms in total. The maximum absolute atomic E-state index is 4.59. The Bertz CT molecular complexity index is 764. The third kappa shape index (κ3) is 3.39. The van der Waals surface area contributed by atoms with Gasteiger partial charge in [-0.3, -0.25) is 0 Å². The molecule has 102 valence electrons. The summed E-state index contributed by atoms with van der Waals surface area (Å²) in [6, 6.07) is 17.9. The van der Waals surface area contributed by atoms with Crippen LogP contribution in [0.2, 0.25) is 0 Å². The highest BCUT2D eigenvalue weighted by molar-refractivity contribution is 5.68. The number of rotatable bonds is 3. The summed E-state index contributed by atoms with van der Waals surface area (Å²) in [6.07, 6.45) is 5.80. The predicted molar refractivity (Wildman–Crippen MR) is 85.4 cm³/mol. The summed E-state index contributed by atoms with van der Waals surface area (Å²) >= 11 is 0. The molecule has 0 radical (unpaired) electrons. The molecule has 0 aliphatic rings. The lowest BCUT2D eigenvalue weighted by atomic mass is 10.2. The zero-order valence-corrected chi connectivity index (χ0v) is 11.8. The first kappa shape index (κ1) is 13.2. The van der Waals surface area contributed by atoms with Gasteiger partial charge in [-0.1, -0.05) is 42.5 Å². The van der Waals surface area contributed by atoms with Crippen LogP contribution in [-0.2, 0) is 0 Å². The summed E-state index contributed by atoms with van der Waals surface area (Å²) in [5.74, 6) is 0.657. The van der Waals surface area contributed by atoms with Gasteiger partial charge in [0.25, 0.3) is 0 Å². The zero-order valence-electron chi connectivity index (χ0n) is 11.8. The smallest absolute Gasteiger partial charge is 0.178 e. The molecule has 0 spiro atoms. The number of pyridine rings is 1. The monoisotopic (exact) mass is 273 g/mol. The summed E-state index contributed by atoms with van der Waals surface area (Å²) in [6.45, 7) is 1.95. The highest BCUT2D eigenvalue weighted by atomic mass is 14.9. The number of hydrogen-bond acceptors (Lipinski definition) is 3. The van der Waals surface area contributed by atoms with E-state index in [0.29, 0.717) is 5.82 Å². The third-order valence-corrected chi connectivity index (χ3v) is 3.04. The highest BCUT2D eigenvalue weighted by Crippen LogP contribution is 2.14. The second-order valence-electron chi connectivity index (χ2n) is 4.71. The highest BCUT2D eigenvalue weighted by Gasteiger charge is 2.02. The van der Waals surface area contributed by atoms with Gasteiger partial charge >= 0.3 is 0 Å². The van der Waals surface area contributed by atoms with Crippen LogP contribution in [0.15, 0.2) is 60.8 Å². The molecule has 0 bridgehead atoms. The quantitative estimate of drug-likeness (QED) is 0.723. The van der Waals surface area contributed by atoms with Gasteiger partial charge in [-0.05, 0) is 36.8 Å². The van der Waals surface area contributed by atoms with E-state index < -0.39 is 0 Å². The van der Waals surface area contributed by atoms with Gasteiger partial charge in [0.1, 0.15) is 5.69 Å². The summed E-state index contributed by atoms with van der Waals surface area (Å²) < 4.78 is 0. The molecule has 0 saturated carbocycles. The molecule has 0 aliphatic heterocycles. The van der Waals surface area contributed by atoms with E-state index >= 15 is 0 Å². The van der Waals surface area contributed by atoms with Crippen LogP contribution in [0.5, 0.6) is 0 Å². The minimum absolute atomic E-state index is 0.657. The fraction of sp³-hybridized carbons (Fsp3) is 0.0556. The van der Waals surface area contributed by atoms with Gasteiger partial charge in [0, 0.05) is 11.9 Å². The molecule has 0 saturated heterocycles. The van der Waals surface area contributed by atoms with Crippen LogP contribution in [0.4, 0.5) is 0 Å². The molecule has 0 unspecified atom stereocenters. The summed E-state index contributed by atoms with van der Waals surface area (Å²) in [4.78, 5) is 13.3. The SMILES string of the molecule is Cc1ccnc(-c2cccc(C=Cc3ccccc3)n2)n1. The van der Waals surface area contributed by atoms with E-state index in [2.05, 4.69) is 27.1 Å². The zero-order chi connectivity index (χ0) is 14.5. The molecule has 2 heterocycles. The Morgan fingerprint density at radius 3 is 2.48 bits per heavy atom. The number of hydrogen-bond donors (Lipinski definition) is 0. The van der Waals surface area contributed by atoms with Crippen molar-refractivity contribution >= 4 is 12.2 Å². The van der Waals surface area contributed by atoms with Crippen LogP contribution in [0.1, 0.15) is 17.0 Å². The van der Waals surface area contributed by atoms with E-state index in [9.17, 15) is 0 Å². The van der Waals surface area contributed by atoms with Gasteiger partial charge in [-0.2, -0.15) is 0 Å². The lowest BCUT2D eigenvalue weighted by Gasteiger charge is -2.01. The van der Waals surface area contributed by atoms with Gasteiger partial charge in [-0.15, -0.1) is 0 Å². The number of aromatic nitrogens is 3. The first-order valence-corrected chi connectivity index (χ1v) is 6.81. The Morgan fingerprint density at radius 2 is 1.67 bits per heavy atom. The maximum atomic E-state index is 4.59. The molecule has 3 heteroatoms. The summed E-state index contributed by atoms with van der Waals surface area (Å²) in [5.41, 5.74) is 3.76. The van der Waals surface area contributed by atoms with Crippen LogP contribution in [0.25, 0.3) is 23.7 Å². The van der Waals surface area contributed by atoms with Crippen molar-refractivity contribution in [3.05, 3.63) is 77.7 Å². The average Bonchev–Trinajstić information content (AvgIpc) is 2.54. The Morgan fingerprint density at radius 1 is 0.810 bits per heavy atom. The molecule has 0 fully saturated rings. The molecule has 3 rings (SSSR count). The van der Waals surface area contributed by atoms with Crippen molar-refractivity contribution in [2.24, 2.45) is 0 Å². The maximum Gasteiger partial charge on any atom is 0.178 e. The van der Waals surface area contributed by atoms with Crippen LogP contribution in [0, 0.1) is 6.92 Å². The van der Waals surface area contributed by atoms with Crippen LogP contribution >= 0.6 is 0 Å². The third-order valence-electron chi connectivity index (χ3n) is 3.04. The lowest BCUT2D eigenvalue weighted by molar-refractivity contribution is 1.09. The topological polar surface area (TPSA) is 38.7 Å². The van der Waals surface area contributed by atoms with Crippen molar-refractivity contribution in [1.29, 1.82) is 0 Å². The van der Waals surface area contributed by atoms with Crippen LogP contribution in [-0.4, -0.2) is 15.0 Å². The van der Waals surface area contributed by atoms with E-state index in [-0.39, 0.29) is 0 Å². The Labute approximate surface area is 124 Å². The average molecular weight is 273 g/mol. The van der Waals surface area contributed by atoms with E-state index in [0.717, 1.165) is 22.6 Å². The number of aryl methyl sites for hydroxylation is 1. The molecule has 1 aromatic carbocycles. The van der Waals surface area contributed by atoms with Crippen molar-refractivity contribution in [2.75, 3.05) is 0 Å². The second kappa shape index (κ2) is 6.09. The lowest BCUT2D eigenvalue weighted by Crippen LogP contribution is -1.94. The molecule has 0 amide bonds. The molecular formula is C18H15N3. The molecule has 2 aromatic heterocycles. The molecular weight excluding hydrogens is 258 g/mol. The van der Waals surface area contributed by atoms with Crippen molar-refractivity contribution in [3.63, 3.8) is 0 Å². The number of benzene rings is 1. The molecule has 0 atom stereocenters. The van der Waals surface area contributed by atoms with E-state index in [1.165, 1.54) is 0 Å². The number of nitrogens with zero attached hydrogens (tertiary/aromatic N) is 3.